The Balaban J connectivity index is 1.99. The van der Waals surface area contributed by atoms with Gasteiger partial charge in [-0.15, -0.1) is 0 Å². The number of hydrogen-bond donors (Lipinski definition) is 1. The maximum atomic E-state index is 12.7. The van der Waals surface area contributed by atoms with Crippen molar-refractivity contribution in [1.29, 1.82) is 0 Å². The topological polar surface area (TPSA) is 84.8 Å². The van der Waals surface area contributed by atoms with Crippen LogP contribution in [-0.2, 0) is 6.42 Å². The molecule has 1 aromatic carbocycles. The Bertz CT molecular complexity index is 1130. The van der Waals surface area contributed by atoms with Gasteiger partial charge in [-0.25, -0.2) is 9.78 Å². The fraction of sp³-hybridized carbons (Fsp3) is 0.300. The predicted octanol–water partition coefficient (Wildman–Crippen LogP) is 2.58. The third-order valence-electron chi connectivity index (χ3n) is 5.03. The standard InChI is InChI=1S/C20H19N3O3/c1-11(2)23-18-17(19(25)22-20(23)26)14-8-13(12-6-4-3-5-7-12)9-16(24)15(14)10-21-18/h3-7,10-11,13H,8-9H2,1-2H3,(H,22,25,26)/t13-/m1/s1. The van der Waals surface area contributed by atoms with Gasteiger partial charge >= 0.3 is 5.69 Å². The third-order valence-corrected chi connectivity index (χ3v) is 5.03. The first-order valence-electron chi connectivity index (χ1n) is 8.72. The summed E-state index contributed by atoms with van der Waals surface area (Å²) in [7, 11) is 0. The van der Waals surface area contributed by atoms with Crippen LogP contribution in [0.2, 0.25) is 0 Å². The fourth-order valence-corrected chi connectivity index (χ4v) is 3.82. The van der Waals surface area contributed by atoms with Gasteiger partial charge in [0, 0.05) is 24.2 Å². The second kappa shape index (κ2) is 6.05. The maximum Gasteiger partial charge on any atom is 0.330 e. The van der Waals surface area contributed by atoms with E-state index in [2.05, 4.69) is 9.97 Å². The Kier molecular flexibility index (Phi) is 3.83. The molecule has 0 saturated carbocycles. The average Bonchev–Trinajstić information content (AvgIpc) is 2.61. The lowest BCUT2D eigenvalue weighted by Gasteiger charge is -2.25. The molecule has 4 rings (SSSR count). The van der Waals surface area contributed by atoms with Crippen molar-refractivity contribution in [2.45, 2.75) is 38.6 Å². The second-order valence-electron chi connectivity index (χ2n) is 7.01. The molecule has 26 heavy (non-hydrogen) atoms. The van der Waals surface area contributed by atoms with Gasteiger partial charge in [-0.2, -0.15) is 0 Å². The molecule has 1 aliphatic carbocycles. The zero-order valence-corrected chi connectivity index (χ0v) is 14.7. The normalized spacial score (nSPS) is 16.9. The van der Waals surface area contributed by atoms with Crippen molar-refractivity contribution in [3.63, 3.8) is 0 Å². The summed E-state index contributed by atoms with van der Waals surface area (Å²) < 4.78 is 1.47. The summed E-state index contributed by atoms with van der Waals surface area (Å²) in [5.41, 5.74) is 1.64. The van der Waals surface area contributed by atoms with Crippen LogP contribution in [0.5, 0.6) is 0 Å². The maximum absolute atomic E-state index is 12.7. The fourth-order valence-electron chi connectivity index (χ4n) is 3.82. The summed E-state index contributed by atoms with van der Waals surface area (Å²) in [5.74, 6) is -0.00294. The summed E-state index contributed by atoms with van der Waals surface area (Å²) in [6.07, 6.45) is 2.48. The number of carbonyl (C=O) groups is 1. The van der Waals surface area contributed by atoms with E-state index in [0.717, 1.165) is 5.56 Å². The molecular weight excluding hydrogens is 330 g/mol. The molecule has 0 saturated heterocycles. The summed E-state index contributed by atoms with van der Waals surface area (Å²) in [5, 5.41) is 0.352. The molecule has 0 radical (unpaired) electrons. The first-order chi connectivity index (χ1) is 12.5. The van der Waals surface area contributed by atoms with Crippen molar-refractivity contribution in [2.75, 3.05) is 0 Å². The smallest absolute Gasteiger partial charge is 0.294 e. The van der Waals surface area contributed by atoms with Crippen LogP contribution >= 0.6 is 0 Å². The van der Waals surface area contributed by atoms with E-state index >= 15 is 0 Å². The third kappa shape index (κ3) is 2.49. The van der Waals surface area contributed by atoms with Gasteiger partial charge in [-0.05, 0) is 37.3 Å². The van der Waals surface area contributed by atoms with Gasteiger partial charge in [0.2, 0.25) is 0 Å². The number of pyridine rings is 1. The lowest BCUT2D eigenvalue weighted by Crippen LogP contribution is -2.33. The molecule has 0 bridgehead atoms. The van der Waals surface area contributed by atoms with Crippen molar-refractivity contribution in [3.8, 4) is 0 Å². The van der Waals surface area contributed by atoms with E-state index in [1.165, 1.54) is 10.8 Å². The number of fused-ring (bicyclic) bond motifs is 3. The molecule has 3 aromatic rings. The van der Waals surface area contributed by atoms with E-state index in [1.807, 2.05) is 44.2 Å². The van der Waals surface area contributed by atoms with Gasteiger partial charge in [-0.1, -0.05) is 30.3 Å². The highest BCUT2D eigenvalue weighted by molar-refractivity contribution is 6.02. The van der Waals surface area contributed by atoms with Crippen LogP contribution in [0.3, 0.4) is 0 Å². The van der Waals surface area contributed by atoms with Crippen LogP contribution in [0.4, 0.5) is 0 Å². The van der Waals surface area contributed by atoms with Crippen molar-refractivity contribution in [1.82, 2.24) is 14.5 Å². The SMILES string of the molecule is CC(C)n1c(=O)[nH]c(=O)c2c3c(cnc21)C(=O)C[C@H](c1ccccc1)C3. The highest BCUT2D eigenvalue weighted by Gasteiger charge is 2.30. The number of H-pyrrole nitrogens is 1. The van der Waals surface area contributed by atoms with Crippen molar-refractivity contribution >= 4 is 16.8 Å². The van der Waals surface area contributed by atoms with Gasteiger partial charge in [-0.3, -0.25) is 19.1 Å². The minimum atomic E-state index is -0.480. The average molecular weight is 349 g/mol. The number of ketones is 1. The van der Waals surface area contributed by atoms with E-state index in [-0.39, 0.29) is 17.7 Å². The minimum Gasteiger partial charge on any atom is -0.294 e. The highest BCUT2D eigenvalue weighted by atomic mass is 16.2. The quantitative estimate of drug-likeness (QED) is 0.770. The van der Waals surface area contributed by atoms with Crippen molar-refractivity contribution in [3.05, 3.63) is 74.1 Å². The van der Waals surface area contributed by atoms with E-state index in [4.69, 9.17) is 0 Å². The number of hydrogen-bond acceptors (Lipinski definition) is 4. The Morgan fingerprint density at radius 3 is 2.54 bits per heavy atom. The zero-order valence-electron chi connectivity index (χ0n) is 14.7. The summed E-state index contributed by atoms with van der Waals surface area (Å²) in [4.78, 5) is 44.2. The highest BCUT2D eigenvalue weighted by Crippen LogP contribution is 2.34. The van der Waals surface area contributed by atoms with Gasteiger partial charge in [0.1, 0.15) is 5.65 Å². The predicted molar refractivity (Wildman–Crippen MR) is 98.8 cm³/mol. The molecule has 2 heterocycles. The minimum absolute atomic E-state index is 0.0145. The van der Waals surface area contributed by atoms with Gasteiger partial charge < -0.3 is 0 Å². The van der Waals surface area contributed by atoms with E-state index < -0.39 is 11.2 Å². The first-order valence-corrected chi connectivity index (χ1v) is 8.72. The van der Waals surface area contributed by atoms with Gasteiger partial charge in [0.25, 0.3) is 5.56 Å². The van der Waals surface area contributed by atoms with Crippen LogP contribution < -0.4 is 11.2 Å². The number of nitrogens with zero attached hydrogens (tertiary/aromatic N) is 2. The molecular formula is C20H19N3O3. The molecule has 6 nitrogen and oxygen atoms in total. The molecule has 0 unspecified atom stereocenters. The molecule has 1 atom stereocenters. The van der Waals surface area contributed by atoms with E-state index in [1.54, 1.807) is 0 Å². The first kappa shape index (κ1) is 16.4. The monoisotopic (exact) mass is 349 g/mol. The molecule has 0 amide bonds. The van der Waals surface area contributed by atoms with E-state index in [0.29, 0.717) is 35.0 Å². The van der Waals surface area contributed by atoms with Crippen LogP contribution in [0.25, 0.3) is 11.0 Å². The number of rotatable bonds is 2. The van der Waals surface area contributed by atoms with Crippen LogP contribution in [-0.4, -0.2) is 20.3 Å². The molecule has 0 aliphatic heterocycles. The summed E-state index contributed by atoms with van der Waals surface area (Å²) in [6.45, 7) is 3.72. The second-order valence-corrected chi connectivity index (χ2v) is 7.01. The molecule has 1 N–H and O–H groups in total. The van der Waals surface area contributed by atoms with Crippen molar-refractivity contribution < 1.29 is 4.79 Å². The zero-order chi connectivity index (χ0) is 18.4. The summed E-state index contributed by atoms with van der Waals surface area (Å²) in [6, 6.07) is 9.68. The Labute approximate surface area is 149 Å². The number of aromatic amines is 1. The summed E-state index contributed by atoms with van der Waals surface area (Å²) >= 11 is 0. The molecule has 132 valence electrons. The van der Waals surface area contributed by atoms with Crippen LogP contribution in [0, 0.1) is 0 Å². The van der Waals surface area contributed by atoms with Crippen LogP contribution in [0.1, 0.15) is 53.7 Å². The lowest BCUT2D eigenvalue weighted by atomic mass is 9.79. The number of aromatic nitrogens is 3. The van der Waals surface area contributed by atoms with Crippen LogP contribution in [0.15, 0.2) is 46.1 Å². The number of Topliss-reactive ketones (excluding diaryl/α,β-unsaturated/α-hetero) is 1. The molecule has 0 spiro atoms. The van der Waals surface area contributed by atoms with Gasteiger partial charge in [0.05, 0.1) is 5.39 Å². The Morgan fingerprint density at radius 2 is 1.85 bits per heavy atom. The molecule has 0 fully saturated rings. The van der Waals surface area contributed by atoms with Gasteiger partial charge in [0.15, 0.2) is 5.78 Å². The molecule has 1 aliphatic rings. The number of benzene rings is 1. The number of carbonyl (C=O) groups excluding carboxylic acids is 1. The Hall–Kier alpha value is -3.02. The molecule has 6 heteroatoms. The molecule has 2 aromatic heterocycles. The number of nitrogens with one attached hydrogen (secondary N) is 1. The van der Waals surface area contributed by atoms with Crippen molar-refractivity contribution in [2.24, 2.45) is 0 Å². The largest absolute Gasteiger partial charge is 0.330 e. The van der Waals surface area contributed by atoms with E-state index in [9.17, 15) is 14.4 Å². The Morgan fingerprint density at radius 1 is 1.12 bits per heavy atom. The lowest BCUT2D eigenvalue weighted by molar-refractivity contribution is 0.0964.